The third-order valence-electron chi connectivity index (χ3n) is 4.16. The van der Waals surface area contributed by atoms with Crippen LogP contribution in [0.3, 0.4) is 0 Å². The Labute approximate surface area is 118 Å². The molecular formula is C15H31N3O. The van der Waals surface area contributed by atoms with Crippen LogP contribution < -0.4 is 5.32 Å². The fraction of sp³-hybridized carbons (Fsp3) is 0.933. The van der Waals surface area contributed by atoms with Crippen LogP contribution in [0.25, 0.3) is 0 Å². The van der Waals surface area contributed by atoms with Crippen molar-refractivity contribution in [1.82, 2.24) is 15.1 Å². The fourth-order valence-corrected chi connectivity index (χ4v) is 2.75. The molecule has 1 heterocycles. The van der Waals surface area contributed by atoms with Crippen LogP contribution in [0.15, 0.2) is 0 Å². The molecule has 0 radical (unpaired) electrons. The average molecular weight is 269 g/mol. The molecule has 1 saturated heterocycles. The van der Waals surface area contributed by atoms with Crippen molar-refractivity contribution in [3.05, 3.63) is 0 Å². The molecule has 1 N–H and O–H groups in total. The quantitative estimate of drug-likeness (QED) is 0.690. The summed E-state index contributed by atoms with van der Waals surface area (Å²) in [7, 11) is 0. The number of amides is 1. The maximum Gasteiger partial charge on any atom is 0.222 e. The molecular weight excluding hydrogens is 238 g/mol. The minimum Gasteiger partial charge on any atom is -0.343 e. The maximum absolute atomic E-state index is 12.2. The lowest BCUT2D eigenvalue weighted by Crippen LogP contribution is -2.35. The number of nitrogens with zero attached hydrogens (tertiary/aromatic N) is 2. The predicted molar refractivity (Wildman–Crippen MR) is 80.3 cm³/mol. The Morgan fingerprint density at radius 2 is 1.89 bits per heavy atom. The van der Waals surface area contributed by atoms with Gasteiger partial charge in [0.2, 0.25) is 5.91 Å². The number of rotatable bonds is 9. The molecule has 1 unspecified atom stereocenters. The molecule has 1 aliphatic rings. The Morgan fingerprint density at radius 1 is 1.16 bits per heavy atom. The van der Waals surface area contributed by atoms with Gasteiger partial charge in [0.15, 0.2) is 0 Å². The van der Waals surface area contributed by atoms with Gasteiger partial charge in [-0.05, 0) is 58.4 Å². The minimum atomic E-state index is 0.343. The van der Waals surface area contributed by atoms with Crippen molar-refractivity contribution in [2.24, 2.45) is 5.92 Å². The van der Waals surface area contributed by atoms with Gasteiger partial charge in [-0.25, -0.2) is 0 Å². The highest BCUT2D eigenvalue weighted by molar-refractivity contribution is 5.76. The van der Waals surface area contributed by atoms with Gasteiger partial charge in [-0.15, -0.1) is 0 Å². The Balaban J connectivity index is 2.25. The lowest BCUT2D eigenvalue weighted by atomic mass is 10.0. The zero-order valence-electron chi connectivity index (χ0n) is 13.0. The van der Waals surface area contributed by atoms with Crippen LogP contribution in [0.1, 0.15) is 40.0 Å². The summed E-state index contributed by atoms with van der Waals surface area (Å²) in [5.74, 6) is 0.903. The van der Waals surface area contributed by atoms with Crippen LogP contribution in [0.2, 0.25) is 0 Å². The molecule has 1 fully saturated rings. The van der Waals surface area contributed by atoms with Gasteiger partial charge in [0.1, 0.15) is 0 Å². The van der Waals surface area contributed by atoms with E-state index in [2.05, 4.69) is 31.0 Å². The molecule has 0 spiro atoms. The number of hydrogen-bond donors (Lipinski definition) is 1. The third-order valence-corrected chi connectivity index (χ3v) is 4.16. The average Bonchev–Trinajstić information content (AvgIpc) is 2.92. The van der Waals surface area contributed by atoms with E-state index in [1.54, 1.807) is 0 Å². The normalized spacial score (nSPS) is 19.1. The van der Waals surface area contributed by atoms with Crippen LogP contribution >= 0.6 is 0 Å². The Morgan fingerprint density at radius 3 is 2.42 bits per heavy atom. The van der Waals surface area contributed by atoms with E-state index in [9.17, 15) is 4.79 Å². The highest BCUT2D eigenvalue weighted by Crippen LogP contribution is 2.14. The molecule has 0 saturated carbocycles. The monoisotopic (exact) mass is 269 g/mol. The van der Waals surface area contributed by atoms with Gasteiger partial charge < -0.3 is 15.1 Å². The predicted octanol–water partition coefficient (Wildman–Crippen LogP) is 1.57. The van der Waals surface area contributed by atoms with Gasteiger partial charge in [-0.1, -0.05) is 13.8 Å². The molecule has 1 amide bonds. The summed E-state index contributed by atoms with van der Waals surface area (Å²) in [6, 6.07) is 0. The summed E-state index contributed by atoms with van der Waals surface area (Å²) < 4.78 is 0. The zero-order valence-corrected chi connectivity index (χ0v) is 13.0. The first-order valence-corrected chi connectivity index (χ1v) is 7.92. The number of hydrogen-bond acceptors (Lipinski definition) is 3. The largest absolute Gasteiger partial charge is 0.343 e. The van der Waals surface area contributed by atoms with Gasteiger partial charge in [-0.3, -0.25) is 4.79 Å². The first-order valence-electron chi connectivity index (χ1n) is 7.92. The number of carbonyl (C=O) groups excluding carboxylic acids is 1. The zero-order chi connectivity index (χ0) is 14.1. The SMILES string of the molecule is CCN(CC)CCCN(CC)C(=O)CC1CCNC1. The second-order valence-electron chi connectivity index (χ2n) is 5.42. The van der Waals surface area contributed by atoms with Crippen molar-refractivity contribution in [1.29, 1.82) is 0 Å². The first-order chi connectivity index (χ1) is 9.21. The van der Waals surface area contributed by atoms with Crippen LogP contribution in [-0.2, 0) is 4.79 Å². The Bertz CT molecular complexity index is 248. The minimum absolute atomic E-state index is 0.343. The molecule has 4 nitrogen and oxygen atoms in total. The van der Waals surface area contributed by atoms with Crippen LogP contribution in [0.4, 0.5) is 0 Å². The van der Waals surface area contributed by atoms with E-state index in [1.807, 2.05) is 4.90 Å². The van der Waals surface area contributed by atoms with Crippen LogP contribution in [-0.4, -0.2) is 61.5 Å². The first kappa shape index (κ1) is 16.4. The molecule has 1 atom stereocenters. The van der Waals surface area contributed by atoms with E-state index in [0.717, 1.165) is 65.1 Å². The molecule has 1 rings (SSSR count). The summed E-state index contributed by atoms with van der Waals surface area (Å²) in [4.78, 5) is 16.7. The summed E-state index contributed by atoms with van der Waals surface area (Å²) in [6.07, 6.45) is 2.97. The van der Waals surface area contributed by atoms with Crippen molar-refractivity contribution in [2.45, 2.75) is 40.0 Å². The summed E-state index contributed by atoms with van der Waals surface area (Å²) in [6.45, 7) is 13.6. The van der Waals surface area contributed by atoms with Gasteiger partial charge in [0, 0.05) is 19.5 Å². The molecule has 4 heteroatoms. The summed E-state index contributed by atoms with van der Waals surface area (Å²) >= 11 is 0. The topological polar surface area (TPSA) is 35.6 Å². The van der Waals surface area contributed by atoms with E-state index in [0.29, 0.717) is 11.8 Å². The molecule has 0 aromatic rings. The number of nitrogens with one attached hydrogen (secondary N) is 1. The molecule has 19 heavy (non-hydrogen) atoms. The third kappa shape index (κ3) is 5.91. The van der Waals surface area contributed by atoms with Crippen LogP contribution in [0.5, 0.6) is 0 Å². The highest BCUT2D eigenvalue weighted by atomic mass is 16.2. The molecule has 0 aliphatic carbocycles. The van der Waals surface area contributed by atoms with Gasteiger partial charge in [0.05, 0.1) is 0 Å². The van der Waals surface area contributed by atoms with E-state index in [-0.39, 0.29) is 0 Å². The van der Waals surface area contributed by atoms with Gasteiger partial charge in [0.25, 0.3) is 0 Å². The summed E-state index contributed by atoms with van der Waals surface area (Å²) in [5, 5.41) is 3.33. The second kappa shape index (κ2) is 9.32. The Kier molecular flexibility index (Phi) is 8.07. The standard InChI is InChI=1S/C15H31N3O/c1-4-17(5-2)10-7-11-18(6-3)15(19)12-14-8-9-16-13-14/h14,16H,4-13H2,1-3H3. The van der Waals surface area contributed by atoms with Crippen molar-refractivity contribution < 1.29 is 4.79 Å². The fourth-order valence-electron chi connectivity index (χ4n) is 2.75. The van der Waals surface area contributed by atoms with Crippen molar-refractivity contribution in [3.63, 3.8) is 0 Å². The van der Waals surface area contributed by atoms with Crippen molar-refractivity contribution in [3.8, 4) is 0 Å². The smallest absolute Gasteiger partial charge is 0.222 e. The lowest BCUT2D eigenvalue weighted by molar-refractivity contribution is -0.132. The van der Waals surface area contributed by atoms with Crippen molar-refractivity contribution in [2.75, 3.05) is 45.8 Å². The van der Waals surface area contributed by atoms with Gasteiger partial charge >= 0.3 is 0 Å². The van der Waals surface area contributed by atoms with Crippen molar-refractivity contribution >= 4 is 5.91 Å². The molecule has 0 aromatic heterocycles. The highest BCUT2D eigenvalue weighted by Gasteiger charge is 2.20. The molecule has 0 aromatic carbocycles. The van der Waals surface area contributed by atoms with E-state index >= 15 is 0 Å². The Hall–Kier alpha value is -0.610. The molecule has 112 valence electrons. The maximum atomic E-state index is 12.2. The van der Waals surface area contributed by atoms with Crippen LogP contribution in [0, 0.1) is 5.92 Å². The second-order valence-corrected chi connectivity index (χ2v) is 5.42. The van der Waals surface area contributed by atoms with E-state index in [1.165, 1.54) is 0 Å². The molecule has 0 bridgehead atoms. The van der Waals surface area contributed by atoms with E-state index in [4.69, 9.17) is 0 Å². The molecule has 1 aliphatic heterocycles. The summed E-state index contributed by atoms with van der Waals surface area (Å²) in [5.41, 5.74) is 0. The lowest BCUT2D eigenvalue weighted by Gasteiger charge is -2.24. The number of carbonyl (C=O) groups is 1. The van der Waals surface area contributed by atoms with Gasteiger partial charge in [-0.2, -0.15) is 0 Å². The van der Waals surface area contributed by atoms with E-state index < -0.39 is 0 Å².